The minimum atomic E-state index is -0.194. The molecule has 3 aromatic carbocycles. The Morgan fingerprint density at radius 2 is 1.72 bits per heavy atom. The van der Waals surface area contributed by atoms with Gasteiger partial charge in [0.2, 0.25) is 0 Å². The Morgan fingerprint density at radius 1 is 0.969 bits per heavy atom. The highest BCUT2D eigenvalue weighted by atomic mass is 16.5. The lowest BCUT2D eigenvalue weighted by molar-refractivity contribution is 0.0985. The zero-order valence-electron chi connectivity index (χ0n) is 18.7. The second kappa shape index (κ2) is 8.71. The van der Waals surface area contributed by atoms with Crippen molar-refractivity contribution in [3.63, 3.8) is 0 Å². The maximum Gasteiger partial charge on any atom is 0.258 e. The number of hydrogen-bond donors (Lipinski definition) is 1. The van der Waals surface area contributed by atoms with Crippen LogP contribution in [0.2, 0.25) is 0 Å². The summed E-state index contributed by atoms with van der Waals surface area (Å²) in [7, 11) is 1.59. The fraction of sp³-hybridized carbons (Fsp3) is 0.185. The largest absolute Gasteiger partial charge is 0.497 e. The number of fused-ring (bicyclic) bond motifs is 1. The maximum absolute atomic E-state index is 13.6. The minimum Gasteiger partial charge on any atom is -0.497 e. The van der Waals surface area contributed by atoms with Crippen molar-refractivity contribution >= 4 is 22.5 Å². The van der Waals surface area contributed by atoms with E-state index >= 15 is 0 Å². The molecule has 1 heterocycles. The first-order valence-corrected chi connectivity index (χ1v) is 10.5. The Hall–Kier alpha value is -3.86. The fourth-order valence-corrected chi connectivity index (χ4v) is 3.83. The number of pyridine rings is 1. The number of amides is 1. The lowest BCUT2D eigenvalue weighted by Gasteiger charge is -2.25. The number of hydrogen-bond acceptors (Lipinski definition) is 3. The number of nitrogens with zero attached hydrogens (tertiary/aromatic N) is 1. The predicted octanol–water partition coefficient (Wildman–Crippen LogP) is 5.31. The molecule has 0 saturated heterocycles. The van der Waals surface area contributed by atoms with Gasteiger partial charge in [0.25, 0.3) is 11.5 Å². The third-order valence-corrected chi connectivity index (χ3v) is 5.86. The number of methoxy groups -OCH3 is 1. The van der Waals surface area contributed by atoms with Gasteiger partial charge in [-0.05, 0) is 85.3 Å². The molecule has 1 amide bonds. The molecule has 5 heteroatoms. The number of aromatic nitrogens is 1. The standard InChI is InChI=1S/C27H26N2O3/c1-17-8-9-21-15-22(26(30)28-24(21)14-17)16-29(25-7-5-6-18(2)19(25)3)27(31)20-10-12-23(32-4)13-11-20/h5-15H,16H2,1-4H3,(H,28,30). The third kappa shape index (κ3) is 4.14. The van der Waals surface area contributed by atoms with E-state index in [2.05, 4.69) is 4.98 Å². The van der Waals surface area contributed by atoms with Gasteiger partial charge >= 0.3 is 0 Å². The second-order valence-electron chi connectivity index (χ2n) is 8.05. The quantitative estimate of drug-likeness (QED) is 0.470. The first-order chi connectivity index (χ1) is 15.4. The summed E-state index contributed by atoms with van der Waals surface area (Å²) >= 11 is 0. The van der Waals surface area contributed by atoms with Gasteiger partial charge in [-0.1, -0.05) is 24.3 Å². The molecule has 1 N–H and O–H groups in total. The van der Waals surface area contributed by atoms with Gasteiger partial charge in [-0.15, -0.1) is 0 Å². The zero-order valence-corrected chi connectivity index (χ0v) is 18.7. The molecule has 162 valence electrons. The first-order valence-electron chi connectivity index (χ1n) is 10.5. The molecule has 0 fully saturated rings. The summed E-state index contributed by atoms with van der Waals surface area (Å²) in [6.45, 7) is 6.15. The summed E-state index contributed by atoms with van der Waals surface area (Å²) in [5.41, 5.74) is 5.60. The van der Waals surface area contributed by atoms with Gasteiger partial charge in [0, 0.05) is 22.3 Å². The molecule has 0 bridgehead atoms. The summed E-state index contributed by atoms with van der Waals surface area (Å²) in [5.74, 6) is 0.505. The Kier molecular flexibility index (Phi) is 5.82. The van der Waals surface area contributed by atoms with E-state index in [4.69, 9.17) is 4.74 Å². The molecule has 0 unspecified atom stereocenters. The Bertz CT molecular complexity index is 1350. The lowest BCUT2D eigenvalue weighted by atomic mass is 10.0. The van der Waals surface area contributed by atoms with Crippen LogP contribution in [-0.4, -0.2) is 18.0 Å². The van der Waals surface area contributed by atoms with Crippen LogP contribution in [0.1, 0.15) is 32.6 Å². The zero-order chi connectivity index (χ0) is 22.8. The van der Waals surface area contributed by atoms with Crippen LogP contribution >= 0.6 is 0 Å². The van der Waals surface area contributed by atoms with Gasteiger partial charge in [0.1, 0.15) is 5.75 Å². The maximum atomic E-state index is 13.6. The van der Waals surface area contributed by atoms with E-state index in [0.29, 0.717) is 16.9 Å². The molecule has 4 aromatic rings. The topological polar surface area (TPSA) is 62.4 Å². The highest BCUT2D eigenvalue weighted by Crippen LogP contribution is 2.27. The van der Waals surface area contributed by atoms with Crippen molar-refractivity contribution in [3.05, 3.63) is 105 Å². The van der Waals surface area contributed by atoms with E-state index in [1.54, 1.807) is 36.3 Å². The number of nitrogens with one attached hydrogen (secondary N) is 1. The van der Waals surface area contributed by atoms with Crippen molar-refractivity contribution in [2.24, 2.45) is 0 Å². The average molecular weight is 427 g/mol. The van der Waals surface area contributed by atoms with E-state index in [1.807, 2.05) is 63.2 Å². The Morgan fingerprint density at radius 3 is 2.44 bits per heavy atom. The number of benzene rings is 3. The van der Waals surface area contributed by atoms with Crippen LogP contribution in [0.4, 0.5) is 5.69 Å². The predicted molar refractivity (Wildman–Crippen MR) is 129 cm³/mol. The monoisotopic (exact) mass is 426 g/mol. The van der Waals surface area contributed by atoms with E-state index < -0.39 is 0 Å². The molecule has 1 aromatic heterocycles. The first kappa shape index (κ1) is 21.4. The smallest absolute Gasteiger partial charge is 0.258 e. The number of aromatic amines is 1. The van der Waals surface area contributed by atoms with Crippen LogP contribution in [0.3, 0.4) is 0 Å². The van der Waals surface area contributed by atoms with Gasteiger partial charge in [0.15, 0.2) is 0 Å². The highest BCUT2D eigenvalue weighted by molar-refractivity contribution is 6.06. The molecular weight excluding hydrogens is 400 g/mol. The summed E-state index contributed by atoms with van der Waals surface area (Å²) in [4.78, 5) is 31.1. The van der Waals surface area contributed by atoms with Gasteiger partial charge in [-0.3, -0.25) is 9.59 Å². The van der Waals surface area contributed by atoms with Crippen molar-refractivity contribution in [3.8, 4) is 5.75 Å². The summed E-state index contributed by atoms with van der Waals surface area (Å²) in [6.07, 6.45) is 0. The van der Waals surface area contributed by atoms with Crippen LogP contribution in [0, 0.1) is 20.8 Å². The van der Waals surface area contributed by atoms with Crippen LogP contribution < -0.4 is 15.2 Å². The highest BCUT2D eigenvalue weighted by Gasteiger charge is 2.22. The molecule has 0 spiro atoms. The second-order valence-corrected chi connectivity index (χ2v) is 8.05. The van der Waals surface area contributed by atoms with Crippen LogP contribution in [0.15, 0.2) is 71.5 Å². The van der Waals surface area contributed by atoms with Crippen molar-refractivity contribution < 1.29 is 9.53 Å². The molecule has 0 saturated carbocycles. The van der Waals surface area contributed by atoms with E-state index in [0.717, 1.165) is 33.3 Å². The molecule has 0 radical (unpaired) electrons. The van der Waals surface area contributed by atoms with E-state index in [-0.39, 0.29) is 18.0 Å². The van der Waals surface area contributed by atoms with Gasteiger partial charge in [-0.2, -0.15) is 0 Å². The summed E-state index contributed by atoms with van der Waals surface area (Å²) in [6, 6.07) is 20.7. The minimum absolute atomic E-state index is 0.161. The van der Waals surface area contributed by atoms with Gasteiger partial charge in [-0.25, -0.2) is 0 Å². The number of rotatable bonds is 5. The van der Waals surface area contributed by atoms with Crippen molar-refractivity contribution in [1.82, 2.24) is 4.98 Å². The van der Waals surface area contributed by atoms with Crippen molar-refractivity contribution in [1.29, 1.82) is 0 Å². The molecule has 0 aliphatic heterocycles. The van der Waals surface area contributed by atoms with Crippen molar-refractivity contribution in [2.75, 3.05) is 12.0 Å². The van der Waals surface area contributed by atoms with Crippen molar-refractivity contribution in [2.45, 2.75) is 27.3 Å². The van der Waals surface area contributed by atoms with E-state index in [9.17, 15) is 9.59 Å². The number of carbonyl (C=O) groups is 1. The normalized spacial score (nSPS) is 10.9. The SMILES string of the molecule is COc1ccc(C(=O)N(Cc2cc3ccc(C)cc3[nH]c2=O)c2cccc(C)c2C)cc1. The van der Waals surface area contributed by atoms with Gasteiger partial charge < -0.3 is 14.6 Å². The number of anilines is 1. The Balaban J connectivity index is 1.80. The number of H-pyrrole nitrogens is 1. The fourth-order valence-electron chi connectivity index (χ4n) is 3.83. The van der Waals surface area contributed by atoms with E-state index in [1.165, 1.54) is 0 Å². The van der Waals surface area contributed by atoms with Crippen LogP contribution in [0.5, 0.6) is 5.75 Å². The molecule has 0 atom stereocenters. The molecule has 0 aliphatic carbocycles. The average Bonchev–Trinajstić information content (AvgIpc) is 2.79. The molecule has 0 aliphatic rings. The number of ether oxygens (including phenoxy) is 1. The summed E-state index contributed by atoms with van der Waals surface area (Å²) < 4.78 is 5.22. The molecule has 5 nitrogen and oxygen atoms in total. The lowest BCUT2D eigenvalue weighted by Crippen LogP contribution is -2.33. The molecular formula is C27H26N2O3. The Labute approximate surface area is 187 Å². The molecule has 32 heavy (non-hydrogen) atoms. The van der Waals surface area contributed by atoms with Crippen LogP contribution in [0.25, 0.3) is 10.9 Å². The summed E-state index contributed by atoms with van der Waals surface area (Å²) in [5, 5.41) is 0.933. The number of carbonyl (C=O) groups excluding carboxylic acids is 1. The van der Waals surface area contributed by atoms with Gasteiger partial charge in [0.05, 0.1) is 13.7 Å². The third-order valence-electron chi connectivity index (χ3n) is 5.86. The molecule has 4 rings (SSSR count). The van der Waals surface area contributed by atoms with Crippen LogP contribution in [-0.2, 0) is 6.54 Å². The number of aryl methyl sites for hydroxylation is 2.